The smallest absolute Gasteiger partial charge is 0.320 e. The van der Waals surface area contributed by atoms with Crippen molar-refractivity contribution in [3.8, 4) is 0 Å². The van der Waals surface area contributed by atoms with E-state index < -0.39 is 15.8 Å². The number of carboxylic acid groups (broad SMARTS) is 1. The highest BCUT2D eigenvalue weighted by molar-refractivity contribution is 7.91. The van der Waals surface area contributed by atoms with Gasteiger partial charge in [-0.05, 0) is 33.9 Å². The van der Waals surface area contributed by atoms with Gasteiger partial charge in [0.05, 0.1) is 11.5 Å². The number of likely N-dealkylation sites (N-methyl/N-ethyl adjacent to an activating group) is 1. The summed E-state index contributed by atoms with van der Waals surface area (Å²) < 4.78 is 20.9. The molecular weight excluding hydrogens is 218 g/mol. The first kappa shape index (κ1) is 14.4. The molecule has 1 aliphatic rings. The molecule has 1 atom stereocenters. The zero-order valence-electron chi connectivity index (χ0n) is 9.43. The van der Waals surface area contributed by atoms with Crippen LogP contribution in [0.4, 0.5) is 0 Å². The van der Waals surface area contributed by atoms with Crippen molar-refractivity contribution >= 4 is 15.8 Å². The van der Waals surface area contributed by atoms with E-state index in [0.29, 0.717) is 11.5 Å². The number of carbonyl (C=O) groups is 1. The quantitative estimate of drug-likeness (QED) is 0.743. The van der Waals surface area contributed by atoms with Crippen molar-refractivity contribution < 1.29 is 18.3 Å². The normalized spacial score (nSPS) is 20.5. The van der Waals surface area contributed by atoms with Crippen LogP contribution in [0, 0.1) is 0 Å². The van der Waals surface area contributed by atoms with Gasteiger partial charge in [0, 0.05) is 0 Å². The molecule has 1 aliphatic heterocycles. The maximum Gasteiger partial charge on any atom is 0.320 e. The fraction of sp³-hybridized carbons (Fsp3) is 0.889. The van der Waals surface area contributed by atoms with Gasteiger partial charge in [0.1, 0.15) is 15.9 Å². The van der Waals surface area contributed by atoms with Gasteiger partial charge in [-0.25, -0.2) is 8.42 Å². The van der Waals surface area contributed by atoms with Crippen molar-refractivity contribution in [3.63, 3.8) is 0 Å². The van der Waals surface area contributed by atoms with Crippen LogP contribution >= 0.6 is 0 Å². The Bertz CT molecular complexity index is 285. The number of rotatable bonds is 2. The molecule has 6 heteroatoms. The third kappa shape index (κ3) is 6.46. The van der Waals surface area contributed by atoms with Crippen molar-refractivity contribution in [1.82, 2.24) is 4.90 Å². The number of nitrogens with zero attached hydrogens (tertiary/aromatic N) is 1. The molecule has 1 rings (SSSR count). The highest BCUT2D eigenvalue weighted by Crippen LogP contribution is 2.08. The third-order valence-electron chi connectivity index (χ3n) is 2.29. The molecule has 1 N–H and O–H groups in total. The van der Waals surface area contributed by atoms with Gasteiger partial charge in [-0.15, -0.1) is 0 Å². The van der Waals surface area contributed by atoms with Crippen LogP contribution in [0.25, 0.3) is 0 Å². The summed E-state index contributed by atoms with van der Waals surface area (Å²) in [4.78, 5) is 11.7. The molecule has 1 heterocycles. The summed E-state index contributed by atoms with van der Waals surface area (Å²) in [6.07, 6.45) is 1.75. The highest BCUT2D eigenvalue weighted by Gasteiger charge is 2.16. The predicted molar refractivity (Wildman–Crippen MR) is 58.7 cm³/mol. The molecule has 5 nitrogen and oxygen atoms in total. The molecule has 1 saturated heterocycles. The van der Waals surface area contributed by atoms with Crippen molar-refractivity contribution in [3.05, 3.63) is 0 Å². The highest BCUT2D eigenvalue weighted by atomic mass is 32.2. The van der Waals surface area contributed by atoms with Crippen LogP contribution < -0.4 is 0 Å². The number of hydrogen-bond acceptors (Lipinski definition) is 4. The molecule has 0 aromatic carbocycles. The van der Waals surface area contributed by atoms with E-state index in [4.69, 9.17) is 5.11 Å². The lowest BCUT2D eigenvalue weighted by atomic mass is 10.3. The minimum Gasteiger partial charge on any atom is -0.480 e. The third-order valence-corrected chi connectivity index (χ3v) is 4.11. The molecule has 0 amide bonds. The lowest BCUT2D eigenvalue weighted by molar-refractivity contribution is -0.141. The Labute approximate surface area is 91.0 Å². The second kappa shape index (κ2) is 6.07. The van der Waals surface area contributed by atoms with Gasteiger partial charge < -0.3 is 5.11 Å². The van der Waals surface area contributed by atoms with Crippen LogP contribution in [-0.4, -0.2) is 56.0 Å². The van der Waals surface area contributed by atoms with Crippen molar-refractivity contribution in [2.45, 2.75) is 25.8 Å². The van der Waals surface area contributed by atoms with Crippen LogP contribution in [0.1, 0.15) is 19.8 Å². The van der Waals surface area contributed by atoms with Crippen LogP contribution in [0.3, 0.4) is 0 Å². The summed E-state index contributed by atoms with van der Waals surface area (Å²) in [7, 11) is 0.924. The molecule has 1 fully saturated rings. The van der Waals surface area contributed by atoms with E-state index >= 15 is 0 Å². The van der Waals surface area contributed by atoms with Gasteiger partial charge in [0.15, 0.2) is 0 Å². The van der Waals surface area contributed by atoms with Gasteiger partial charge >= 0.3 is 5.97 Å². The summed E-state index contributed by atoms with van der Waals surface area (Å²) >= 11 is 0. The largest absolute Gasteiger partial charge is 0.480 e. The topological polar surface area (TPSA) is 74.7 Å². The molecule has 15 heavy (non-hydrogen) atoms. The average Bonchev–Trinajstić information content (AvgIpc) is 2.49. The summed E-state index contributed by atoms with van der Waals surface area (Å²) in [6, 6.07) is -0.380. The van der Waals surface area contributed by atoms with Crippen LogP contribution in [-0.2, 0) is 14.6 Å². The van der Waals surface area contributed by atoms with Gasteiger partial charge in [-0.3, -0.25) is 9.69 Å². The Hall–Kier alpha value is -0.620. The fourth-order valence-corrected chi connectivity index (χ4v) is 2.46. The number of sulfone groups is 1. The Morgan fingerprint density at radius 3 is 1.73 bits per heavy atom. The molecule has 0 aromatic heterocycles. The summed E-state index contributed by atoms with van der Waals surface area (Å²) in [5.74, 6) is 0.0648. The molecule has 0 radical (unpaired) electrons. The minimum absolute atomic E-state index is 0.380. The average molecular weight is 237 g/mol. The molecule has 0 aliphatic carbocycles. The molecule has 0 bridgehead atoms. The molecule has 0 spiro atoms. The SMILES string of the molecule is CC(C(=O)O)N(C)C.O=S1(=O)CCCC1. The van der Waals surface area contributed by atoms with Gasteiger partial charge in [-0.2, -0.15) is 0 Å². The Morgan fingerprint density at radius 1 is 1.27 bits per heavy atom. The Balaban J connectivity index is 0.000000262. The first-order valence-electron chi connectivity index (χ1n) is 4.86. The predicted octanol–water partition coefficient (Wildman–Crippen LogP) is 0.216. The van der Waals surface area contributed by atoms with Crippen molar-refractivity contribution in [2.24, 2.45) is 0 Å². The van der Waals surface area contributed by atoms with E-state index in [2.05, 4.69) is 0 Å². The van der Waals surface area contributed by atoms with E-state index in [0.717, 1.165) is 12.8 Å². The molecular formula is C9H19NO4S. The maximum atomic E-state index is 10.4. The van der Waals surface area contributed by atoms with Crippen LogP contribution in [0.15, 0.2) is 0 Å². The minimum atomic E-state index is -2.55. The molecule has 90 valence electrons. The zero-order chi connectivity index (χ0) is 12.1. The van der Waals surface area contributed by atoms with E-state index in [-0.39, 0.29) is 6.04 Å². The second-order valence-electron chi connectivity index (χ2n) is 3.84. The van der Waals surface area contributed by atoms with Gasteiger partial charge in [0.2, 0.25) is 0 Å². The van der Waals surface area contributed by atoms with Gasteiger partial charge in [-0.1, -0.05) is 0 Å². The monoisotopic (exact) mass is 237 g/mol. The van der Waals surface area contributed by atoms with E-state index in [1.807, 2.05) is 0 Å². The summed E-state index contributed by atoms with van der Waals surface area (Å²) in [5.41, 5.74) is 0. The maximum absolute atomic E-state index is 10.4. The van der Waals surface area contributed by atoms with Crippen molar-refractivity contribution in [1.29, 1.82) is 0 Å². The molecule has 0 aromatic rings. The van der Waals surface area contributed by atoms with E-state index in [9.17, 15) is 13.2 Å². The number of carboxylic acids is 1. The van der Waals surface area contributed by atoms with Crippen molar-refractivity contribution in [2.75, 3.05) is 25.6 Å². The summed E-state index contributed by atoms with van der Waals surface area (Å²) in [6.45, 7) is 1.64. The van der Waals surface area contributed by atoms with E-state index in [1.165, 1.54) is 0 Å². The number of aliphatic carboxylic acids is 1. The first-order valence-corrected chi connectivity index (χ1v) is 6.68. The number of hydrogen-bond donors (Lipinski definition) is 1. The zero-order valence-corrected chi connectivity index (χ0v) is 10.2. The second-order valence-corrected chi connectivity index (χ2v) is 6.14. The lowest BCUT2D eigenvalue weighted by Crippen LogP contribution is -2.32. The molecule has 0 saturated carbocycles. The van der Waals surface area contributed by atoms with Crippen LogP contribution in [0.5, 0.6) is 0 Å². The first-order chi connectivity index (χ1) is 6.76. The molecule has 1 unspecified atom stereocenters. The van der Waals surface area contributed by atoms with E-state index in [1.54, 1.807) is 25.9 Å². The standard InChI is InChI=1S/C5H11NO2.C4H8O2S/c1-4(5(7)8)6(2)3;5-7(6)3-1-2-4-7/h4H,1-3H3,(H,7,8);1-4H2. The van der Waals surface area contributed by atoms with Gasteiger partial charge in [0.25, 0.3) is 0 Å². The van der Waals surface area contributed by atoms with Crippen LogP contribution in [0.2, 0.25) is 0 Å². The fourth-order valence-electron chi connectivity index (χ4n) is 0.967. The lowest BCUT2D eigenvalue weighted by Gasteiger charge is -2.13. The Morgan fingerprint density at radius 2 is 1.67 bits per heavy atom. The Kier molecular flexibility index (Phi) is 5.82. The summed E-state index contributed by atoms with van der Waals surface area (Å²) in [5, 5.41) is 8.31.